The van der Waals surface area contributed by atoms with Gasteiger partial charge in [-0.1, -0.05) is 44.9 Å². The molecule has 3 atom stereocenters. The predicted molar refractivity (Wildman–Crippen MR) is 135 cm³/mol. The molecule has 1 unspecified atom stereocenters. The Morgan fingerprint density at radius 1 is 1.06 bits per heavy atom. The standard InChI is InChI=1S/C26H36N2O6S/c1-3-4-12-23(24(29)19-35(32)18-22-11-8-15-33-22)28-25(30)14-13-20(2)16-27-26(31)17-34-21-9-6-5-7-10-21/h5-11,15,20,23H,3-4,12-14,16-19H2,1-2H3,(H,27,31)(H,28,30)/t20-,23-,35?/m0/s1. The number of nitrogens with one attached hydrogen (secondary N) is 2. The lowest BCUT2D eigenvalue weighted by Gasteiger charge is -2.18. The Hall–Kier alpha value is -2.94. The number of hydrogen-bond acceptors (Lipinski definition) is 6. The minimum absolute atomic E-state index is 0.0697. The van der Waals surface area contributed by atoms with Crippen molar-refractivity contribution in [2.24, 2.45) is 5.92 Å². The molecule has 1 aromatic carbocycles. The van der Waals surface area contributed by atoms with E-state index < -0.39 is 16.8 Å². The molecule has 0 aliphatic rings. The number of ketones is 1. The smallest absolute Gasteiger partial charge is 0.257 e. The zero-order valence-corrected chi connectivity index (χ0v) is 21.3. The summed E-state index contributed by atoms with van der Waals surface area (Å²) >= 11 is 0. The average molecular weight is 505 g/mol. The van der Waals surface area contributed by atoms with E-state index in [0.29, 0.717) is 30.9 Å². The zero-order chi connectivity index (χ0) is 25.5. The first kappa shape index (κ1) is 28.3. The van der Waals surface area contributed by atoms with Gasteiger partial charge in [0, 0.05) is 23.8 Å². The second-order valence-electron chi connectivity index (χ2n) is 8.59. The molecule has 0 aliphatic heterocycles. The van der Waals surface area contributed by atoms with Gasteiger partial charge in [0.2, 0.25) is 5.91 Å². The average Bonchev–Trinajstić information content (AvgIpc) is 3.36. The quantitative estimate of drug-likeness (QED) is 0.341. The van der Waals surface area contributed by atoms with Crippen molar-refractivity contribution in [3.63, 3.8) is 0 Å². The van der Waals surface area contributed by atoms with Crippen LogP contribution in [0.1, 0.15) is 51.7 Å². The maximum Gasteiger partial charge on any atom is 0.257 e. The number of carbonyl (C=O) groups is 3. The van der Waals surface area contributed by atoms with Crippen molar-refractivity contribution in [1.29, 1.82) is 0 Å². The molecule has 0 saturated heterocycles. The summed E-state index contributed by atoms with van der Waals surface area (Å²) in [4.78, 5) is 37.2. The molecular weight excluding hydrogens is 468 g/mol. The van der Waals surface area contributed by atoms with Crippen molar-refractivity contribution >= 4 is 28.4 Å². The Kier molecular flexibility index (Phi) is 12.8. The Bertz CT molecular complexity index is 933. The number of Topliss-reactive ketones (excluding diaryl/α,β-unsaturated/α-hetero) is 1. The van der Waals surface area contributed by atoms with Gasteiger partial charge in [-0.05, 0) is 43.0 Å². The van der Waals surface area contributed by atoms with E-state index in [4.69, 9.17) is 9.15 Å². The van der Waals surface area contributed by atoms with Gasteiger partial charge in [0.15, 0.2) is 12.4 Å². The highest BCUT2D eigenvalue weighted by atomic mass is 32.2. The number of ether oxygens (including phenoxy) is 1. The Morgan fingerprint density at radius 2 is 1.83 bits per heavy atom. The summed E-state index contributed by atoms with van der Waals surface area (Å²) in [5.41, 5.74) is 0. The zero-order valence-electron chi connectivity index (χ0n) is 20.5. The second-order valence-corrected chi connectivity index (χ2v) is 10.0. The highest BCUT2D eigenvalue weighted by Gasteiger charge is 2.22. The van der Waals surface area contributed by atoms with Crippen LogP contribution in [-0.2, 0) is 30.9 Å². The molecule has 0 radical (unpaired) electrons. The molecule has 35 heavy (non-hydrogen) atoms. The van der Waals surface area contributed by atoms with Crippen molar-refractivity contribution in [3.05, 3.63) is 54.5 Å². The first-order valence-electron chi connectivity index (χ1n) is 12.0. The van der Waals surface area contributed by atoms with E-state index in [-0.39, 0.29) is 48.0 Å². The van der Waals surface area contributed by atoms with Gasteiger partial charge in [-0.25, -0.2) is 0 Å². The van der Waals surface area contributed by atoms with E-state index in [2.05, 4.69) is 10.6 Å². The highest BCUT2D eigenvalue weighted by molar-refractivity contribution is 7.84. The molecule has 2 rings (SSSR count). The molecule has 8 nitrogen and oxygen atoms in total. The van der Waals surface area contributed by atoms with Gasteiger partial charge in [0.05, 0.1) is 23.8 Å². The molecule has 9 heteroatoms. The first-order valence-corrected chi connectivity index (χ1v) is 13.5. The van der Waals surface area contributed by atoms with E-state index in [0.717, 1.165) is 12.8 Å². The van der Waals surface area contributed by atoms with Gasteiger partial charge in [-0.2, -0.15) is 0 Å². The normalized spacial score (nSPS) is 13.4. The fraction of sp³-hybridized carbons (Fsp3) is 0.500. The van der Waals surface area contributed by atoms with Crippen molar-refractivity contribution in [2.75, 3.05) is 18.9 Å². The lowest BCUT2D eigenvalue weighted by molar-refractivity contribution is -0.127. The van der Waals surface area contributed by atoms with Gasteiger partial charge in [-0.15, -0.1) is 0 Å². The van der Waals surface area contributed by atoms with Crippen LogP contribution in [0.25, 0.3) is 0 Å². The number of amides is 2. The van der Waals surface area contributed by atoms with Crippen molar-refractivity contribution < 1.29 is 27.7 Å². The summed E-state index contributed by atoms with van der Waals surface area (Å²) in [6.45, 7) is 4.32. The largest absolute Gasteiger partial charge is 0.484 e. The third-order valence-corrected chi connectivity index (χ3v) is 6.59. The molecule has 2 amide bonds. The molecule has 1 aromatic heterocycles. The number of carbonyl (C=O) groups excluding carboxylic acids is 3. The van der Waals surface area contributed by atoms with Gasteiger partial charge < -0.3 is 19.8 Å². The molecule has 0 saturated carbocycles. The van der Waals surface area contributed by atoms with Crippen molar-refractivity contribution in [2.45, 2.75) is 57.7 Å². The van der Waals surface area contributed by atoms with E-state index >= 15 is 0 Å². The fourth-order valence-corrected chi connectivity index (χ4v) is 4.44. The van der Waals surface area contributed by atoms with Crippen LogP contribution in [0, 0.1) is 5.92 Å². The number of hydrogen-bond donors (Lipinski definition) is 2. The summed E-state index contributed by atoms with van der Waals surface area (Å²) in [6, 6.07) is 11.9. The van der Waals surface area contributed by atoms with Gasteiger partial charge in [-0.3, -0.25) is 18.6 Å². The van der Waals surface area contributed by atoms with Crippen molar-refractivity contribution in [1.82, 2.24) is 10.6 Å². The molecule has 0 bridgehead atoms. The summed E-state index contributed by atoms with van der Waals surface area (Å²) in [6.07, 6.45) is 4.50. The van der Waals surface area contributed by atoms with Crippen molar-refractivity contribution in [3.8, 4) is 5.75 Å². The Balaban J connectivity index is 1.70. The summed E-state index contributed by atoms with van der Waals surface area (Å²) in [5, 5.41) is 5.63. The van der Waals surface area contributed by atoms with Gasteiger partial charge >= 0.3 is 0 Å². The lowest BCUT2D eigenvalue weighted by atomic mass is 10.0. The van der Waals surface area contributed by atoms with Gasteiger partial charge in [0.1, 0.15) is 11.5 Å². The van der Waals surface area contributed by atoms with Crippen LogP contribution < -0.4 is 15.4 Å². The second kappa shape index (κ2) is 15.9. The van der Waals surface area contributed by atoms with E-state index in [9.17, 15) is 18.6 Å². The van der Waals surface area contributed by atoms with Crippen LogP contribution in [0.15, 0.2) is 53.1 Å². The highest BCUT2D eigenvalue weighted by Crippen LogP contribution is 2.10. The molecule has 192 valence electrons. The lowest BCUT2D eigenvalue weighted by Crippen LogP contribution is -2.43. The molecular formula is C26H36N2O6S. The Labute approximate surface area is 209 Å². The summed E-state index contributed by atoms with van der Waals surface area (Å²) in [5.74, 6) is 0.653. The molecule has 0 aliphatic carbocycles. The number of rotatable bonds is 17. The molecule has 2 aromatic rings. The number of benzene rings is 1. The minimum atomic E-state index is -1.40. The molecule has 2 N–H and O–H groups in total. The van der Waals surface area contributed by atoms with Crippen LogP contribution >= 0.6 is 0 Å². The molecule has 0 fully saturated rings. The molecule has 1 heterocycles. The monoisotopic (exact) mass is 504 g/mol. The third kappa shape index (κ3) is 11.8. The van der Waals surface area contributed by atoms with Crippen LogP contribution in [0.2, 0.25) is 0 Å². The van der Waals surface area contributed by atoms with Crippen LogP contribution in [0.3, 0.4) is 0 Å². The van der Waals surface area contributed by atoms with E-state index in [1.807, 2.05) is 32.0 Å². The SMILES string of the molecule is CCCC[C@H](NC(=O)CC[C@H](C)CNC(=O)COc1ccccc1)C(=O)CS(=O)Cc1ccco1. The Morgan fingerprint density at radius 3 is 2.51 bits per heavy atom. The van der Waals surface area contributed by atoms with E-state index in [1.165, 1.54) is 6.26 Å². The predicted octanol–water partition coefficient (Wildman–Crippen LogP) is 3.38. The maximum atomic E-state index is 12.7. The van der Waals surface area contributed by atoms with Crippen LogP contribution in [-0.4, -0.2) is 46.8 Å². The topological polar surface area (TPSA) is 115 Å². The van der Waals surface area contributed by atoms with Crippen LogP contribution in [0.4, 0.5) is 0 Å². The summed E-state index contributed by atoms with van der Waals surface area (Å²) in [7, 11) is -1.40. The number of para-hydroxylation sites is 1. The minimum Gasteiger partial charge on any atom is -0.484 e. The fourth-order valence-electron chi connectivity index (χ4n) is 3.34. The third-order valence-electron chi connectivity index (χ3n) is 5.38. The molecule has 0 spiro atoms. The van der Waals surface area contributed by atoms with Gasteiger partial charge in [0.25, 0.3) is 5.91 Å². The maximum absolute atomic E-state index is 12.7. The van der Waals surface area contributed by atoms with E-state index in [1.54, 1.807) is 24.3 Å². The van der Waals surface area contributed by atoms with Crippen LogP contribution in [0.5, 0.6) is 5.75 Å². The summed E-state index contributed by atoms with van der Waals surface area (Å²) < 4.78 is 22.9. The number of furan rings is 1. The number of unbranched alkanes of at least 4 members (excludes halogenated alkanes) is 1. The first-order chi connectivity index (χ1) is 16.9.